The number of aromatic nitrogens is 1. The molecule has 0 radical (unpaired) electrons. The number of carboxylic acid groups (broad SMARTS) is 1. The van der Waals surface area contributed by atoms with Gasteiger partial charge in [0.2, 0.25) is 0 Å². The molecule has 234 valence electrons. The second-order valence-electron chi connectivity index (χ2n) is 8.63. The van der Waals surface area contributed by atoms with Gasteiger partial charge in [0.05, 0.1) is 32.3 Å². The predicted octanol–water partition coefficient (Wildman–Crippen LogP) is 2.40. The van der Waals surface area contributed by atoms with Crippen molar-refractivity contribution >= 4 is 41.3 Å². The van der Waals surface area contributed by atoms with E-state index in [4.69, 9.17) is 18.6 Å². The van der Waals surface area contributed by atoms with E-state index >= 15 is 0 Å². The van der Waals surface area contributed by atoms with Gasteiger partial charge < -0.3 is 42.8 Å². The van der Waals surface area contributed by atoms with Gasteiger partial charge in [-0.1, -0.05) is 12.1 Å². The number of para-hydroxylation sites is 2. The van der Waals surface area contributed by atoms with Crippen LogP contribution in [0.4, 0.5) is 14.4 Å². The zero-order valence-corrected chi connectivity index (χ0v) is 23.7. The molecular formula is C27H26N2O15. The highest BCUT2D eigenvalue weighted by molar-refractivity contribution is 6.00. The Hall–Kier alpha value is -5.87. The maximum absolute atomic E-state index is 13.6. The number of benzene rings is 2. The minimum absolute atomic E-state index is 0.107. The van der Waals surface area contributed by atoms with Crippen molar-refractivity contribution < 1.29 is 61.9 Å². The molecule has 0 spiro atoms. The molecule has 1 aromatic heterocycles. The smallest absolute Gasteiger partial charge is 0.480 e. The van der Waals surface area contributed by atoms with Gasteiger partial charge in [-0.2, -0.15) is 0 Å². The second kappa shape index (κ2) is 14.3. The van der Waals surface area contributed by atoms with E-state index in [1.807, 2.05) is 0 Å². The van der Waals surface area contributed by atoms with Gasteiger partial charge in [-0.05, 0) is 37.6 Å². The number of amides is 1. The number of nitrogens with zero attached hydrogens (tertiary/aromatic N) is 2. The Morgan fingerprint density at radius 1 is 0.864 bits per heavy atom. The molecule has 0 saturated heterocycles. The fourth-order valence-corrected chi connectivity index (χ4v) is 3.85. The normalized spacial score (nSPS) is 11.2. The fourth-order valence-electron chi connectivity index (χ4n) is 3.85. The molecule has 0 aliphatic heterocycles. The number of ether oxygens (including phenoxy) is 6. The quantitative estimate of drug-likeness (QED) is 0.196. The van der Waals surface area contributed by atoms with Gasteiger partial charge in [0, 0.05) is 13.1 Å². The van der Waals surface area contributed by atoms with Gasteiger partial charge in [-0.15, -0.1) is 0 Å². The summed E-state index contributed by atoms with van der Waals surface area (Å²) in [4.78, 5) is 87.4. The third-order valence-corrected chi connectivity index (χ3v) is 6.01. The summed E-state index contributed by atoms with van der Waals surface area (Å²) in [5.74, 6) is -4.70. The zero-order chi connectivity index (χ0) is 32.6. The molecule has 44 heavy (non-hydrogen) atoms. The number of carbonyl (C=O) groups is 5. The molecule has 17 heteroatoms. The van der Waals surface area contributed by atoms with Crippen LogP contribution >= 0.6 is 0 Å². The Morgan fingerprint density at radius 3 is 2.05 bits per heavy atom. The van der Waals surface area contributed by atoms with Crippen LogP contribution in [0.2, 0.25) is 0 Å². The number of aliphatic carboxylic acids is 1. The highest BCUT2D eigenvalue weighted by Gasteiger charge is 2.31. The number of rotatable bonds is 10. The largest absolute Gasteiger partial charge is 0.513 e. The maximum Gasteiger partial charge on any atom is 0.513 e. The van der Waals surface area contributed by atoms with E-state index in [2.05, 4.69) is 14.2 Å². The zero-order valence-electron chi connectivity index (χ0n) is 23.7. The van der Waals surface area contributed by atoms with E-state index in [-0.39, 0.29) is 41.8 Å². The third kappa shape index (κ3) is 7.30. The molecule has 0 bridgehead atoms. The Bertz CT molecular complexity index is 1710. The van der Waals surface area contributed by atoms with Gasteiger partial charge in [-0.25, -0.2) is 28.5 Å². The van der Waals surface area contributed by atoms with Crippen molar-refractivity contribution in [3.05, 3.63) is 62.9 Å². The summed E-state index contributed by atoms with van der Waals surface area (Å²) >= 11 is 0. The molecule has 1 N–H and O–H groups in total. The third-order valence-electron chi connectivity index (χ3n) is 6.01. The van der Waals surface area contributed by atoms with E-state index in [0.29, 0.717) is 0 Å². The van der Waals surface area contributed by atoms with Crippen molar-refractivity contribution in [2.45, 2.75) is 25.9 Å². The van der Waals surface area contributed by atoms with Crippen molar-refractivity contribution in [1.29, 1.82) is 0 Å². The first-order valence-electron chi connectivity index (χ1n) is 12.5. The average molecular weight is 619 g/mol. The first-order valence-corrected chi connectivity index (χ1v) is 12.5. The fraction of sp³-hybridized carbons (Fsp3) is 0.296. The molecule has 3 rings (SSSR count). The summed E-state index contributed by atoms with van der Waals surface area (Å²) in [6.07, 6.45) is -3.73. The standard InChI is InChI=1S/C27H26N2O15/c1-14(23(32)33)28(21(30)16-9-6-11-18(42-26(36)39-3)20(16)44-27(37)40-4)12-7-13-29-22(31)15-8-5-10-17(41-25(35)38-2)19(15)43-24(29)34/h5-6,8-11,14H,7,12-13H2,1-4H3,(H,32,33). The summed E-state index contributed by atoms with van der Waals surface area (Å²) < 4.78 is 34.2. The Labute approximate surface area is 247 Å². The molecule has 2 aromatic carbocycles. The molecular weight excluding hydrogens is 592 g/mol. The number of methoxy groups -OCH3 is 3. The Balaban J connectivity index is 1.95. The van der Waals surface area contributed by atoms with E-state index in [1.54, 1.807) is 0 Å². The molecule has 1 heterocycles. The molecule has 3 aromatic rings. The summed E-state index contributed by atoms with van der Waals surface area (Å²) in [5, 5.41) is 9.58. The minimum atomic E-state index is -1.46. The Kier molecular flexibility index (Phi) is 10.6. The molecule has 17 nitrogen and oxygen atoms in total. The summed E-state index contributed by atoms with van der Waals surface area (Å²) in [6.45, 7) is 0.545. The lowest BCUT2D eigenvalue weighted by Gasteiger charge is -2.27. The highest BCUT2D eigenvalue weighted by atomic mass is 16.7. The SMILES string of the molecule is COC(=O)Oc1cccc(C(=O)N(CCCn2c(=O)oc3c(OC(=O)OC)cccc3c2=O)C(C)C(=O)O)c1OC(=O)OC. The van der Waals surface area contributed by atoms with Crippen LogP contribution in [0.3, 0.4) is 0 Å². The molecule has 0 fully saturated rings. The molecule has 1 atom stereocenters. The van der Waals surface area contributed by atoms with Crippen molar-refractivity contribution in [2.75, 3.05) is 27.9 Å². The van der Waals surface area contributed by atoms with Crippen LogP contribution in [0.25, 0.3) is 11.0 Å². The maximum atomic E-state index is 13.6. The van der Waals surface area contributed by atoms with Gasteiger partial charge in [0.25, 0.3) is 11.5 Å². The molecule has 1 unspecified atom stereocenters. The van der Waals surface area contributed by atoms with Gasteiger partial charge in [0.1, 0.15) is 6.04 Å². The lowest BCUT2D eigenvalue weighted by atomic mass is 10.1. The minimum Gasteiger partial charge on any atom is -0.480 e. The van der Waals surface area contributed by atoms with Crippen LogP contribution in [0.1, 0.15) is 23.7 Å². The Morgan fingerprint density at radius 2 is 1.43 bits per heavy atom. The van der Waals surface area contributed by atoms with Crippen LogP contribution in [-0.4, -0.2) is 78.8 Å². The second-order valence-corrected chi connectivity index (χ2v) is 8.63. The molecule has 0 saturated carbocycles. The van der Waals surface area contributed by atoms with Gasteiger partial charge in [-0.3, -0.25) is 9.59 Å². The molecule has 0 aliphatic carbocycles. The number of hydrogen-bond acceptors (Lipinski definition) is 14. The lowest BCUT2D eigenvalue weighted by Crippen LogP contribution is -2.44. The predicted molar refractivity (Wildman–Crippen MR) is 145 cm³/mol. The van der Waals surface area contributed by atoms with E-state index in [0.717, 1.165) is 30.8 Å². The number of carbonyl (C=O) groups excluding carboxylic acids is 4. The van der Waals surface area contributed by atoms with Crippen LogP contribution in [-0.2, 0) is 25.5 Å². The van der Waals surface area contributed by atoms with Crippen molar-refractivity contribution in [3.63, 3.8) is 0 Å². The van der Waals surface area contributed by atoms with Crippen molar-refractivity contribution in [1.82, 2.24) is 9.47 Å². The molecule has 1 amide bonds. The van der Waals surface area contributed by atoms with Gasteiger partial charge in [0.15, 0.2) is 22.8 Å². The molecule has 0 aliphatic rings. The van der Waals surface area contributed by atoms with Crippen LogP contribution in [0, 0.1) is 0 Å². The lowest BCUT2D eigenvalue weighted by molar-refractivity contribution is -0.141. The summed E-state index contributed by atoms with van der Waals surface area (Å²) in [7, 11) is 3.07. The number of fused-ring (bicyclic) bond motifs is 1. The first kappa shape index (κ1) is 32.6. The first-order chi connectivity index (χ1) is 20.9. The highest BCUT2D eigenvalue weighted by Crippen LogP contribution is 2.33. The van der Waals surface area contributed by atoms with E-state index < -0.39 is 59.2 Å². The van der Waals surface area contributed by atoms with E-state index in [1.165, 1.54) is 43.3 Å². The summed E-state index contributed by atoms with van der Waals surface area (Å²) in [5.41, 5.74) is -1.49. The van der Waals surface area contributed by atoms with Crippen molar-refractivity contribution in [2.24, 2.45) is 0 Å². The monoisotopic (exact) mass is 618 g/mol. The number of carboxylic acids is 1. The summed E-state index contributed by atoms with van der Waals surface area (Å²) in [6, 6.07) is 6.18. The van der Waals surface area contributed by atoms with Gasteiger partial charge >= 0.3 is 30.2 Å². The van der Waals surface area contributed by atoms with Crippen LogP contribution in [0.15, 0.2) is 50.4 Å². The number of hydrogen-bond donors (Lipinski definition) is 1. The average Bonchev–Trinajstić information content (AvgIpc) is 3.00. The van der Waals surface area contributed by atoms with Crippen LogP contribution in [0.5, 0.6) is 17.2 Å². The van der Waals surface area contributed by atoms with E-state index in [9.17, 15) is 38.7 Å². The van der Waals surface area contributed by atoms with Crippen molar-refractivity contribution in [3.8, 4) is 17.2 Å². The van der Waals surface area contributed by atoms with Crippen LogP contribution < -0.4 is 25.5 Å². The topological polar surface area (TPSA) is 216 Å².